The number of ether oxygens (including phenoxy) is 1. The monoisotopic (exact) mass is 356 g/mol. The maximum atomic E-state index is 9.05. The average molecular weight is 356 g/mol. The summed E-state index contributed by atoms with van der Waals surface area (Å²) in [6, 6.07) is 15.3. The topological polar surface area (TPSA) is 88.1 Å². The normalized spacial score (nSPS) is 10.5. The third-order valence-corrected chi connectivity index (χ3v) is 4.10. The summed E-state index contributed by atoms with van der Waals surface area (Å²) in [7, 11) is 1.83. The van der Waals surface area contributed by atoms with E-state index >= 15 is 0 Å². The van der Waals surface area contributed by atoms with E-state index in [4.69, 9.17) is 10.00 Å². The Morgan fingerprint density at radius 2 is 2.15 bits per heavy atom. The SMILES string of the molecule is CNc1c(-c2cccc(OCc3cccnc3)c2)nc2cc(C#N)ncn12. The lowest BCUT2D eigenvalue weighted by Gasteiger charge is -2.08. The number of anilines is 1. The Kier molecular flexibility index (Phi) is 4.37. The van der Waals surface area contributed by atoms with Gasteiger partial charge in [0.25, 0.3) is 0 Å². The Bertz CT molecular complexity index is 1130. The molecule has 7 heteroatoms. The molecule has 0 aliphatic carbocycles. The molecule has 7 nitrogen and oxygen atoms in total. The van der Waals surface area contributed by atoms with Crippen LogP contribution in [0, 0.1) is 11.3 Å². The van der Waals surface area contributed by atoms with E-state index in [1.54, 1.807) is 24.8 Å². The van der Waals surface area contributed by atoms with Crippen LogP contribution in [0.15, 0.2) is 61.2 Å². The highest BCUT2D eigenvalue weighted by molar-refractivity contribution is 5.77. The molecule has 4 aromatic rings. The summed E-state index contributed by atoms with van der Waals surface area (Å²) in [5.41, 5.74) is 3.66. The highest BCUT2D eigenvalue weighted by atomic mass is 16.5. The summed E-state index contributed by atoms with van der Waals surface area (Å²) >= 11 is 0. The van der Waals surface area contributed by atoms with Crippen LogP contribution in [0.2, 0.25) is 0 Å². The maximum absolute atomic E-state index is 9.05. The van der Waals surface area contributed by atoms with Crippen LogP contribution >= 0.6 is 0 Å². The zero-order valence-electron chi connectivity index (χ0n) is 14.6. The van der Waals surface area contributed by atoms with E-state index in [9.17, 15) is 0 Å². The van der Waals surface area contributed by atoms with Crippen molar-refractivity contribution in [2.24, 2.45) is 0 Å². The molecule has 0 aliphatic heterocycles. The smallest absolute Gasteiger partial charge is 0.145 e. The molecule has 0 bridgehead atoms. The second kappa shape index (κ2) is 7.14. The fraction of sp³-hybridized carbons (Fsp3) is 0.100. The number of hydrogen-bond acceptors (Lipinski definition) is 6. The molecular weight excluding hydrogens is 340 g/mol. The number of imidazole rings is 1. The van der Waals surface area contributed by atoms with Crippen molar-refractivity contribution in [1.82, 2.24) is 19.4 Å². The summed E-state index contributed by atoms with van der Waals surface area (Å²) in [5.74, 6) is 1.54. The zero-order chi connectivity index (χ0) is 18.6. The molecule has 3 aromatic heterocycles. The van der Waals surface area contributed by atoms with Crippen LogP contribution in [0.5, 0.6) is 5.75 Å². The lowest BCUT2D eigenvalue weighted by molar-refractivity contribution is 0.306. The third kappa shape index (κ3) is 3.28. The van der Waals surface area contributed by atoms with Gasteiger partial charge in [0.1, 0.15) is 47.6 Å². The standard InChI is InChI=1S/C20H16N6O/c1-22-20-19(25-18-9-16(10-21)24-13-26(18)20)15-5-2-6-17(8-15)27-12-14-4-3-7-23-11-14/h2-9,11,13,22H,12H2,1H3. The van der Waals surface area contributed by atoms with Crippen molar-refractivity contribution in [2.75, 3.05) is 12.4 Å². The molecule has 0 amide bonds. The van der Waals surface area contributed by atoms with Crippen LogP contribution in [0.25, 0.3) is 16.9 Å². The first kappa shape index (κ1) is 16.5. The lowest BCUT2D eigenvalue weighted by atomic mass is 10.1. The summed E-state index contributed by atoms with van der Waals surface area (Å²) in [5, 5.41) is 12.2. The van der Waals surface area contributed by atoms with Crippen LogP contribution < -0.4 is 10.1 Å². The number of nitrogens with one attached hydrogen (secondary N) is 1. The largest absolute Gasteiger partial charge is 0.489 e. The number of aromatic nitrogens is 4. The Labute approximate surface area is 155 Å². The van der Waals surface area contributed by atoms with Gasteiger partial charge in [-0.3, -0.25) is 9.38 Å². The second-order valence-corrected chi connectivity index (χ2v) is 5.85. The lowest BCUT2D eigenvalue weighted by Crippen LogP contribution is -1.98. The number of rotatable bonds is 5. The van der Waals surface area contributed by atoms with Crippen LogP contribution in [0.3, 0.4) is 0 Å². The highest BCUT2D eigenvalue weighted by Crippen LogP contribution is 2.30. The molecule has 1 aromatic carbocycles. The highest BCUT2D eigenvalue weighted by Gasteiger charge is 2.14. The van der Waals surface area contributed by atoms with Crippen molar-refractivity contribution < 1.29 is 4.74 Å². The van der Waals surface area contributed by atoms with Gasteiger partial charge in [0.2, 0.25) is 0 Å². The third-order valence-electron chi connectivity index (χ3n) is 4.10. The summed E-state index contributed by atoms with van der Waals surface area (Å²) in [6.45, 7) is 0.441. The second-order valence-electron chi connectivity index (χ2n) is 5.85. The predicted molar refractivity (Wildman–Crippen MR) is 101 cm³/mol. The van der Waals surface area contributed by atoms with E-state index in [1.165, 1.54) is 0 Å². The van der Waals surface area contributed by atoms with E-state index in [2.05, 4.69) is 20.3 Å². The number of pyridine rings is 1. The molecular formula is C20H16N6O. The van der Waals surface area contributed by atoms with E-state index in [0.29, 0.717) is 17.9 Å². The van der Waals surface area contributed by atoms with Gasteiger partial charge in [-0.2, -0.15) is 5.26 Å². The van der Waals surface area contributed by atoms with Gasteiger partial charge in [-0.25, -0.2) is 9.97 Å². The molecule has 27 heavy (non-hydrogen) atoms. The molecule has 132 valence electrons. The average Bonchev–Trinajstić information content (AvgIpc) is 3.11. The number of hydrogen-bond donors (Lipinski definition) is 1. The first-order valence-electron chi connectivity index (χ1n) is 8.36. The number of benzene rings is 1. The van der Waals surface area contributed by atoms with Crippen molar-refractivity contribution in [3.05, 3.63) is 72.4 Å². The van der Waals surface area contributed by atoms with E-state index < -0.39 is 0 Å². The molecule has 0 radical (unpaired) electrons. The number of fused-ring (bicyclic) bond motifs is 1. The van der Waals surface area contributed by atoms with E-state index in [0.717, 1.165) is 28.4 Å². The summed E-state index contributed by atoms with van der Waals surface area (Å²) in [6.07, 6.45) is 5.11. The van der Waals surface area contributed by atoms with Crippen molar-refractivity contribution in [3.63, 3.8) is 0 Å². The Morgan fingerprint density at radius 3 is 2.93 bits per heavy atom. The minimum Gasteiger partial charge on any atom is -0.489 e. The molecule has 0 aliphatic rings. The molecule has 0 saturated carbocycles. The fourth-order valence-electron chi connectivity index (χ4n) is 2.83. The van der Waals surface area contributed by atoms with Gasteiger partial charge in [0.15, 0.2) is 0 Å². The van der Waals surface area contributed by atoms with Crippen LogP contribution in [-0.4, -0.2) is 26.4 Å². The van der Waals surface area contributed by atoms with Crippen molar-refractivity contribution in [3.8, 4) is 23.1 Å². The van der Waals surface area contributed by atoms with Crippen LogP contribution in [0.4, 0.5) is 5.82 Å². The van der Waals surface area contributed by atoms with Crippen LogP contribution in [0.1, 0.15) is 11.3 Å². The minimum atomic E-state index is 0.329. The van der Waals surface area contributed by atoms with Gasteiger partial charge >= 0.3 is 0 Å². The van der Waals surface area contributed by atoms with Crippen molar-refractivity contribution >= 4 is 11.5 Å². The van der Waals surface area contributed by atoms with Gasteiger partial charge in [-0.1, -0.05) is 18.2 Å². The molecule has 0 unspecified atom stereocenters. The fourth-order valence-corrected chi connectivity index (χ4v) is 2.83. The predicted octanol–water partition coefficient (Wildman–Crippen LogP) is 3.28. The van der Waals surface area contributed by atoms with Crippen molar-refractivity contribution in [2.45, 2.75) is 6.61 Å². The van der Waals surface area contributed by atoms with Gasteiger partial charge in [0, 0.05) is 36.6 Å². The molecule has 0 atom stereocenters. The maximum Gasteiger partial charge on any atom is 0.145 e. The minimum absolute atomic E-state index is 0.329. The van der Waals surface area contributed by atoms with Gasteiger partial charge < -0.3 is 10.1 Å². The van der Waals surface area contributed by atoms with Crippen LogP contribution in [-0.2, 0) is 6.61 Å². The molecule has 1 N–H and O–H groups in total. The van der Waals surface area contributed by atoms with Gasteiger partial charge in [-0.15, -0.1) is 0 Å². The van der Waals surface area contributed by atoms with Gasteiger partial charge in [0.05, 0.1) is 0 Å². The molecule has 3 heterocycles. The zero-order valence-corrected chi connectivity index (χ0v) is 14.6. The number of nitriles is 1. The van der Waals surface area contributed by atoms with Gasteiger partial charge in [-0.05, 0) is 18.2 Å². The first-order chi connectivity index (χ1) is 13.3. The Hall–Kier alpha value is -3.92. The van der Waals surface area contributed by atoms with Crippen molar-refractivity contribution in [1.29, 1.82) is 5.26 Å². The first-order valence-corrected chi connectivity index (χ1v) is 8.36. The van der Waals surface area contributed by atoms with E-state index in [-0.39, 0.29) is 0 Å². The Morgan fingerprint density at radius 1 is 1.22 bits per heavy atom. The quantitative estimate of drug-likeness (QED) is 0.590. The number of nitrogens with zero attached hydrogens (tertiary/aromatic N) is 5. The summed E-state index contributed by atoms with van der Waals surface area (Å²) < 4.78 is 7.71. The molecule has 4 rings (SSSR count). The molecule has 0 saturated heterocycles. The molecule has 0 fully saturated rings. The van der Waals surface area contributed by atoms with E-state index in [1.807, 2.05) is 53.9 Å². The Balaban J connectivity index is 1.68. The molecule has 0 spiro atoms. The summed E-state index contributed by atoms with van der Waals surface area (Å²) in [4.78, 5) is 12.9.